The molecule has 0 radical (unpaired) electrons. The molecular weight excluding hydrogens is 214 g/mol. The second kappa shape index (κ2) is 4.89. The summed E-state index contributed by atoms with van der Waals surface area (Å²) in [5.41, 5.74) is 6.00. The van der Waals surface area contributed by atoms with Gasteiger partial charge >= 0.3 is 0 Å². The summed E-state index contributed by atoms with van der Waals surface area (Å²) in [5.74, 6) is 0.825. The van der Waals surface area contributed by atoms with Crippen LogP contribution in [0.25, 0.3) is 11.1 Å². The van der Waals surface area contributed by atoms with Gasteiger partial charge in [0, 0.05) is 5.56 Å². The molecule has 2 aromatic carbocycles. The molecule has 2 N–H and O–H groups in total. The molecule has 0 aromatic heterocycles. The quantitative estimate of drug-likeness (QED) is 0.792. The largest absolute Gasteiger partial charge is 0.496 e. The van der Waals surface area contributed by atoms with E-state index in [1.54, 1.807) is 13.2 Å². The molecule has 0 heterocycles. The van der Waals surface area contributed by atoms with E-state index in [9.17, 15) is 0 Å². The highest BCUT2D eigenvalue weighted by Crippen LogP contribution is 2.31. The second-order valence-corrected chi connectivity index (χ2v) is 3.90. The third-order valence-corrected chi connectivity index (χ3v) is 2.66. The fourth-order valence-corrected chi connectivity index (χ4v) is 1.80. The summed E-state index contributed by atoms with van der Waals surface area (Å²) >= 11 is 0. The molecule has 88 valence electrons. The van der Waals surface area contributed by atoms with Gasteiger partial charge in [0.2, 0.25) is 0 Å². The van der Waals surface area contributed by atoms with Crippen molar-refractivity contribution in [1.82, 2.24) is 0 Å². The third-order valence-electron chi connectivity index (χ3n) is 2.66. The van der Waals surface area contributed by atoms with Crippen LogP contribution in [0.5, 0.6) is 5.75 Å². The Kier molecular flexibility index (Phi) is 3.30. The van der Waals surface area contributed by atoms with Gasteiger partial charge in [-0.1, -0.05) is 23.8 Å². The van der Waals surface area contributed by atoms with Crippen LogP contribution in [0.2, 0.25) is 0 Å². The average Bonchev–Trinajstić information content (AvgIpc) is 2.39. The van der Waals surface area contributed by atoms with Crippen LogP contribution in [0.1, 0.15) is 5.56 Å². The Hall–Kier alpha value is -2.00. The van der Waals surface area contributed by atoms with E-state index >= 15 is 0 Å². The summed E-state index contributed by atoms with van der Waals surface area (Å²) in [6, 6.07) is 13.6. The zero-order valence-corrected chi connectivity index (χ0v) is 9.90. The fraction of sp³-hybridized carbons (Fsp3) is 0.143. The Balaban J connectivity index is 2.54. The predicted octanol–water partition coefficient (Wildman–Crippen LogP) is 3.47. The molecule has 0 unspecified atom stereocenters. The molecule has 0 amide bonds. The minimum absolute atomic E-state index is 0.658. The van der Waals surface area contributed by atoms with Gasteiger partial charge in [-0.3, -0.25) is 10.7 Å². The Bertz CT molecular complexity index is 523. The summed E-state index contributed by atoms with van der Waals surface area (Å²) in [6.45, 7) is 2.04. The summed E-state index contributed by atoms with van der Waals surface area (Å²) in [7, 11) is 1.66. The number of hydrogen-bond acceptors (Lipinski definition) is 3. The minimum atomic E-state index is 0.658. The van der Waals surface area contributed by atoms with Gasteiger partial charge in [0.15, 0.2) is 0 Å². The first-order chi connectivity index (χ1) is 8.24. The van der Waals surface area contributed by atoms with Crippen molar-refractivity contribution in [3.05, 3.63) is 48.0 Å². The van der Waals surface area contributed by atoms with Crippen molar-refractivity contribution in [2.24, 2.45) is 0 Å². The topological polar surface area (TPSA) is 41.5 Å². The maximum Gasteiger partial charge on any atom is 0.126 e. The Morgan fingerprint density at radius 2 is 1.94 bits per heavy atom. The van der Waals surface area contributed by atoms with Crippen molar-refractivity contribution < 1.29 is 9.94 Å². The molecular formula is C14H15NO2. The first kappa shape index (κ1) is 11.5. The fourth-order valence-electron chi connectivity index (χ4n) is 1.80. The van der Waals surface area contributed by atoms with Gasteiger partial charge in [-0.25, -0.2) is 0 Å². The Labute approximate surface area is 101 Å². The number of rotatable bonds is 3. The normalized spacial score (nSPS) is 10.1. The van der Waals surface area contributed by atoms with E-state index in [4.69, 9.17) is 9.94 Å². The zero-order chi connectivity index (χ0) is 12.3. The number of nitrogens with one attached hydrogen (secondary N) is 1. The Morgan fingerprint density at radius 3 is 2.65 bits per heavy atom. The number of anilines is 1. The van der Waals surface area contributed by atoms with Crippen LogP contribution in [0.4, 0.5) is 5.69 Å². The van der Waals surface area contributed by atoms with Gasteiger partial charge in [0.05, 0.1) is 12.8 Å². The molecule has 3 heteroatoms. The highest BCUT2D eigenvalue weighted by atomic mass is 16.5. The standard InChI is InChI=1S/C14H15NO2/c1-10-6-7-14(17-2)13(8-10)11-4-3-5-12(9-11)15-16/h3-9,15-16H,1-2H3. The van der Waals surface area contributed by atoms with Crippen molar-refractivity contribution in [2.75, 3.05) is 12.6 Å². The lowest BCUT2D eigenvalue weighted by Crippen LogP contribution is -1.91. The maximum absolute atomic E-state index is 8.91. The number of benzene rings is 2. The third kappa shape index (κ3) is 2.40. The molecule has 0 fully saturated rings. The summed E-state index contributed by atoms with van der Waals surface area (Å²) < 4.78 is 5.35. The number of aryl methyl sites for hydroxylation is 1. The first-order valence-corrected chi connectivity index (χ1v) is 5.40. The molecule has 0 atom stereocenters. The molecule has 2 rings (SSSR count). The zero-order valence-electron chi connectivity index (χ0n) is 9.90. The lowest BCUT2D eigenvalue weighted by atomic mass is 10.0. The molecule has 17 heavy (non-hydrogen) atoms. The molecule has 0 aliphatic carbocycles. The van der Waals surface area contributed by atoms with E-state index in [0.29, 0.717) is 5.69 Å². The van der Waals surface area contributed by atoms with Crippen LogP contribution in [0, 0.1) is 6.92 Å². The number of ether oxygens (including phenoxy) is 1. The monoisotopic (exact) mass is 229 g/mol. The van der Waals surface area contributed by atoms with Gasteiger partial charge < -0.3 is 4.74 Å². The summed E-state index contributed by atoms with van der Waals surface area (Å²) in [5, 5.41) is 8.91. The van der Waals surface area contributed by atoms with Crippen LogP contribution < -0.4 is 10.2 Å². The van der Waals surface area contributed by atoms with Crippen LogP contribution >= 0.6 is 0 Å². The lowest BCUT2D eigenvalue weighted by Gasteiger charge is -2.10. The predicted molar refractivity (Wildman–Crippen MR) is 68.6 cm³/mol. The number of hydrogen-bond donors (Lipinski definition) is 2. The van der Waals surface area contributed by atoms with Crippen molar-refractivity contribution in [3.63, 3.8) is 0 Å². The molecule has 3 nitrogen and oxygen atoms in total. The van der Waals surface area contributed by atoms with Gasteiger partial charge in [-0.15, -0.1) is 0 Å². The SMILES string of the molecule is COc1ccc(C)cc1-c1cccc(NO)c1. The minimum Gasteiger partial charge on any atom is -0.496 e. The van der Waals surface area contributed by atoms with Gasteiger partial charge in [-0.05, 0) is 36.8 Å². The molecule has 0 saturated carbocycles. The molecule has 0 aliphatic rings. The van der Waals surface area contributed by atoms with Crippen LogP contribution in [-0.2, 0) is 0 Å². The van der Waals surface area contributed by atoms with Crippen LogP contribution in [0.3, 0.4) is 0 Å². The van der Waals surface area contributed by atoms with Crippen molar-refractivity contribution in [2.45, 2.75) is 6.92 Å². The molecule has 2 aromatic rings. The van der Waals surface area contributed by atoms with E-state index in [1.807, 2.05) is 37.3 Å². The van der Waals surface area contributed by atoms with Gasteiger partial charge in [0.1, 0.15) is 5.75 Å². The lowest BCUT2D eigenvalue weighted by molar-refractivity contribution is 0.389. The molecule has 0 aliphatic heterocycles. The van der Waals surface area contributed by atoms with E-state index in [2.05, 4.69) is 11.5 Å². The van der Waals surface area contributed by atoms with Crippen molar-refractivity contribution in [1.29, 1.82) is 0 Å². The highest BCUT2D eigenvalue weighted by molar-refractivity contribution is 5.73. The van der Waals surface area contributed by atoms with Crippen molar-refractivity contribution in [3.8, 4) is 16.9 Å². The highest BCUT2D eigenvalue weighted by Gasteiger charge is 2.06. The van der Waals surface area contributed by atoms with E-state index in [1.165, 1.54) is 5.56 Å². The molecule has 0 spiro atoms. The first-order valence-electron chi connectivity index (χ1n) is 5.40. The van der Waals surface area contributed by atoms with Crippen LogP contribution in [-0.4, -0.2) is 12.3 Å². The maximum atomic E-state index is 8.91. The average molecular weight is 229 g/mol. The summed E-state index contributed by atoms with van der Waals surface area (Å²) in [6.07, 6.45) is 0. The second-order valence-electron chi connectivity index (χ2n) is 3.90. The molecule has 0 saturated heterocycles. The summed E-state index contributed by atoms with van der Waals surface area (Å²) in [4.78, 5) is 0. The van der Waals surface area contributed by atoms with Crippen LogP contribution in [0.15, 0.2) is 42.5 Å². The van der Waals surface area contributed by atoms with E-state index in [-0.39, 0.29) is 0 Å². The molecule has 0 bridgehead atoms. The van der Waals surface area contributed by atoms with E-state index in [0.717, 1.165) is 16.9 Å². The van der Waals surface area contributed by atoms with Crippen molar-refractivity contribution >= 4 is 5.69 Å². The smallest absolute Gasteiger partial charge is 0.126 e. The van der Waals surface area contributed by atoms with Gasteiger partial charge in [0.25, 0.3) is 0 Å². The Morgan fingerprint density at radius 1 is 1.12 bits per heavy atom. The van der Waals surface area contributed by atoms with Gasteiger partial charge in [-0.2, -0.15) is 0 Å². The van der Waals surface area contributed by atoms with E-state index < -0.39 is 0 Å². The number of methoxy groups -OCH3 is 1.